The highest BCUT2D eigenvalue weighted by Crippen LogP contribution is 2.14. The quantitative estimate of drug-likeness (QED) is 0.845. The number of aryl methyl sites for hydroxylation is 1. The Balaban J connectivity index is 2.07. The fourth-order valence-corrected chi connectivity index (χ4v) is 2.90. The Labute approximate surface area is 123 Å². The molecule has 0 aromatic heterocycles. The fraction of sp³-hybridized carbons (Fsp3) is 0.133. The SMILES string of the molecule is Cc1ccc(S(=O)(=O)CC(=O)Nc2ccc(N)cc2)cc1. The van der Waals surface area contributed by atoms with Crippen LogP contribution in [-0.4, -0.2) is 20.1 Å². The van der Waals surface area contributed by atoms with E-state index in [-0.39, 0.29) is 4.90 Å². The van der Waals surface area contributed by atoms with Gasteiger partial charge in [-0.2, -0.15) is 0 Å². The van der Waals surface area contributed by atoms with Crippen LogP contribution in [0.3, 0.4) is 0 Å². The highest BCUT2D eigenvalue weighted by atomic mass is 32.2. The van der Waals surface area contributed by atoms with Crippen LogP contribution in [0.25, 0.3) is 0 Å². The normalized spacial score (nSPS) is 11.1. The summed E-state index contributed by atoms with van der Waals surface area (Å²) in [5.74, 6) is -1.18. The van der Waals surface area contributed by atoms with Crippen LogP contribution in [-0.2, 0) is 14.6 Å². The van der Waals surface area contributed by atoms with Gasteiger partial charge in [0.25, 0.3) is 0 Å². The molecule has 3 N–H and O–H groups in total. The van der Waals surface area contributed by atoms with E-state index in [9.17, 15) is 13.2 Å². The van der Waals surface area contributed by atoms with Crippen LogP contribution < -0.4 is 11.1 Å². The van der Waals surface area contributed by atoms with Crippen LogP contribution >= 0.6 is 0 Å². The van der Waals surface area contributed by atoms with Crippen LogP contribution in [0.4, 0.5) is 11.4 Å². The molecule has 1 amide bonds. The summed E-state index contributed by atoms with van der Waals surface area (Å²) in [5, 5.41) is 2.53. The van der Waals surface area contributed by atoms with Crippen molar-refractivity contribution < 1.29 is 13.2 Å². The molecule has 0 bridgehead atoms. The van der Waals surface area contributed by atoms with Crippen molar-refractivity contribution in [2.45, 2.75) is 11.8 Å². The minimum atomic E-state index is -3.64. The number of carbonyl (C=O) groups excluding carboxylic acids is 1. The van der Waals surface area contributed by atoms with Gasteiger partial charge in [-0.05, 0) is 43.3 Å². The third-order valence-corrected chi connectivity index (χ3v) is 4.53. The molecule has 2 rings (SSSR count). The van der Waals surface area contributed by atoms with Crippen molar-refractivity contribution in [2.24, 2.45) is 0 Å². The van der Waals surface area contributed by atoms with E-state index in [4.69, 9.17) is 5.73 Å². The monoisotopic (exact) mass is 304 g/mol. The Kier molecular flexibility index (Phi) is 4.28. The predicted molar refractivity (Wildman–Crippen MR) is 82.7 cm³/mol. The van der Waals surface area contributed by atoms with E-state index in [1.54, 1.807) is 36.4 Å². The van der Waals surface area contributed by atoms with Crippen LogP contribution in [0.2, 0.25) is 0 Å². The number of anilines is 2. The predicted octanol–water partition coefficient (Wildman–Crippen LogP) is 1.99. The molecule has 0 saturated heterocycles. The van der Waals surface area contributed by atoms with Crippen molar-refractivity contribution in [1.29, 1.82) is 0 Å². The highest BCUT2D eigenvalue weighted by Gasteiger charge is 2.19. The van der Waals surface area contributed by atoms with Gasteiger partial charge in [0.2, 0.25) is 5.91 Å². The molecule has 6 heteroatoms. The second-order valence-corrected chi connectivity index (χ2v) is 6.73. The first-order valence-electron chi connectivity index (χ1n) is 6.32. The van der Waals surface area contributed by atoms with E-state index in [1.165, 1.54) is 12.1 Å². The topological polar surface area (TPSA) is 89.3 Å². The molecule has 0 atom stereocenters. The smallest absolute Gasteiger partial charge is 0.239 e. The van der Waals surface area contributed by atoms with Crippen LogP contribution in [0, 0.1) is 6.92 Å². The van der Waals surface area contributed by atoms with Crippen molar-refractivity contribution in [2.75, 3.05) is 16.8 Å². The van der Waals surface area contributed by atoms with Crippen molar-refractivity contribution in [3.8, 4) is 0 Å². The minimum absolute atomic E-state index is 0.139. The van der Waals surface area contributed by atoms with Crippen LogP contribution in [0.1, 0.15) is 5.56 Å². The molecule has 0 radical (unpaired) electrons. The summed E-state index contributed by atoms with van der Waals surface area (Å²) in [6.07, 6.45) is 0. The van der Waals surface area contributed by atoms with Gasteiger partial charge >= 0.3 is 0 Å². The maximum atomic E-state index is 12.1. The first-order chi connectivity index (χ1) is 9.87. The zero-order valence-corrected chi connectivity index (χ0v) is 12.4. The average molecular weight is 304 g/mol. The third kappa shape index (κ3) is 4.06. The summed E-state index contributed by atoms with van der Waals surface area (Å²) in [5.41, 5.74) is 7.57. The molecule has 0 spiro atoms. The van der Waals surface area contributed by atoms with E-state index in [2.05, 4.69) is 5.32 Å². The summed E-state index contributed by atoms with van der Waals surface area (Å²) in [6.45, 7) is 1.87. The van der Waals surface area contributed by atoms with Gasteiger partial charge < -0.3 is 11.1 Å². The van der Waals surface area contributed by atoms with Gasteiger partial charge in [-0.1, -0.05) is 17.7 Å². The molecule has 0 aliphatic carbocycles. The Bertz CT molecular complexity index is 735. The second-order valence-electron chi connectivity index (χ2n) is 4.74. The van der Waals surface area contributed by atoms with E-state index < -0.39 is 21.5 Å². The molecule has 5 nitrogen and oxygen atoms in total. The molecule has 0 fully saturated rings. The van der Waals surface area contributed by atoms with E-state index >= 15 is 0 Å². The first kappa shape index (κ1) is 15.1. The summed E-state index contributed by atoms with van der Waals surface area (Å²) in [6, 6.07) is 12.9. The first-order valence-corrected chi connectivity index (χ1v) is 7.97. The standard InChI is InChI=1S/C15H16N2O3S/c1-11-2-8-14(9-3-11)21(19,20)10-15(18)17-13-6-4-12(16)5-7-13/h2-9H,10,16H2,1H3,(H,17,18). The molecule has 0 saturated carbocycles. The van der Waals surface area contributed by atoms with Crippen molar-refractivity contribution in [3.63, 3.8) is 0 Å². The lowest BCUT2D eigenvalue weighted by Crippen LogP contribution is -2.23. The van der Waals surface area contributed by atoms with Gasteiger partial charge in [-0.3, -0.25) is 4.79 Å². The molecule has 0 heterocycles. The van der Waals surface area contributed by atoms with Crippen LogP contribution in [0.5, 0.6) is 0 Å². The molecule has 2 aromatic rings. The average Bonchev–Trinajstić information content (AvgIpc) is 2.41. The summed E-state index contributed by atoms with van der Waals surface area (Å²) < 4.78 is 24.2. The van der Waals surface area contributed by atoms with Gasteiger partial charge in [0.05, 0.1) is 4.90 Å². The number of amides is 1. The summed E-state index contributed by atoms with van der Waals surface area (Å²) in [4.78, 5) is 12.0. The lowest BCUT2D eigenvalue weighted by atomic mass is 10.2. The molecule has 110 valence electrons. The zero-order valence-electron chi connectivity index (χ0n) is 11.5. The van der Waals surface area contributed by atoms with Gasteiger partial charge in [-0.25, -0.2) is 8.42 Å². The second kappa shape index (κ2) is 5.97. The number of carbonyl (C=O) groups is 1. The number of rotatable bonds is 4. The van der Waals surface area contributed by atoms with E-state index in [0.29, 0.717) is 11.4 Å². The van der Waals surface area contributed by atoms with Gasteiger partial charge in [0.1, 0.15) is 5.75 Å². The van der Waals surface area contributed by atoms with Crippen molar-refractivity contribution in [1.82, 2.24) is 0 Å². The summed E-state index contributed by atoms with van der Waals surface area (Å²) in [7, 11) is -3.64. The lowest BCUT2D eigenvalue weighted by molar-refractivity contribution is -0.113. The maximum Gasteiger partial charge on any atom is 0.239 e. The fourth-order valence-electron chi connectivity index (χ4n) is 1.77. The van der Waals surface area contributed by atoms with Crippen molar-refractivity contribution >= 4 is 27.1 Å². The summed E-state index contributed by atoms with van der Waals surface area (Å²) >= 11 is 0. The third-order valence-electron chi connectivity index (χ3n) is 2.90. The van der Waals surface area contributed by atoms with Crippen LogP contribution in [0.15, 0.2) is 53.4 Å². The molecule has 21 heavy (non-hydrogen) atoms. The molecule has 0 aliphatic heterocycles. The number of nitrogens with two attached hydrogens (primary N) is 1. The minimum Gasteiger partial charge on any atom is -0.399 e. The number of sulfone groups is 1. The number of hydrogen-bond donors (Lipinski definition) is 2. The number of benzene rings is 2. The largest absolute Gasteiger partial charge is 0.399 e. The van der Waals surface area contributed by atoms with E-state index in [0.717, 1.165) is 5.56 Å². The Morgan fingerprint density at radius 3 is 2.19 bits per heavy atom. The van der Waals surface area contributed by atoms with Gasteiger partial charge in [-0.15, -0.1) is 0 Å². The highest BCUT2D eigenvalue weighted by molar-refractivity contribution is 7.92. The van der Waals surface area contributed by atoms with Gasteiger partial charge in [0.15, 0.2) is 9.84 Å². The zero-order chi connectivity index (χ0) is 15.5. The Hall–Kier alpha value is -2.34. The van der Waals surface area contributed by atoms with Gasteiger partial charge in [0, 0.05) is 11.4 Å². The molecule has 0 unspecified atom stereocenters. The number of nitrogen functional groups attached to an aromatic ring is 1. The van der Waals surface area contributed by atoms with Crippen molar-refractivity contribution in [3.05, 3.63) is 54.1 Å². The Morgan fingerprint density at radius 2 is 1.62 bits per heavy atom. The molecular formula is C15H16N2O3S. The molecule has 2 aromatic carbocycles. The number of hydrogen-bond acceptors (Lipinski definition) is 4. The maximum absolute atomic E-state index is 12.1. The lowest BCUT2D eigenvalue weighted by Gasteiger charge is -2.07. The molecular weight excluding hydrogens is 288 g/mol. The molecule has 0 aliphatic rings. The Morgan fingerprint density at radius 1 is 1.05 bits per heavy atom. The number of nitrogens with one attached hydrogen (secondary N) is 1. The van der Waals surface area contributed by atoms with E-state index in [1.807, 2.05) is 6.92 Å².